The van der Waals surface area contributed by atoms with Crippen LogP contribution in [0, 0.1) is 5.92 Å². The van der Waals surface area contributed by atoms with Crippen LogP contribution in [-0.2, 0) is 9.59 Å². The highest BCUT2D eigenvalue weighted by Crippen LogP contribution is 2.11. The van der Waals surface area contributed by atoms with Gasteiger partial charge in [-0.1, -0.05) is 13.3 Å². The van der Waals surface area contributed by atoms with E-state index in [0.717, 1.165) is 19.3 Å². The van der Waals surface area contributed by atoms with Crippen molar-refractivity contribution in [2.24, 2.45) is 11.7 Å². The molecule has 1 amide bonds. The highest BCUT2D eigenvalue weighted by atomic mass is 16.4. The Balaban J connectivity index is 3.93. The summed E-state index contributed by atoms with van der Waals surface area (Å²) in [6.45, 7) is 3.52. The van der Waals surface area contributed by atoms with Gasteiger partial charge >= 0.3 is 5.97 Å². The van der Waals surface area contributed by atoms with Crippen LogP contribution in [0.4, 0.5) is 0 Å². The number of amides is 1. The molecule has 0 bridgehead atoms. The van der Waals surface area contributed by atoms with Gasteiger partial charge in [0.25, 0.3) is 0 Å². The number of carboxylic acid groups (broad SMARTS) is 1. The maximum Gasteiger partial charge on any atom is 0.323 e. The Hall–Kier alpha value is -1.10. The number of nitrogens with two attached hydrogens (primary N) is 1. The first kappa shape index (κ1) is 14.9. The third kappa shape index (κ3) is 6.40. The summed E-state index contributed by atoms with van der Waals surface area (Å²) in [5.41, 5.74) is 5.61. The Kier molecular flexibility index (Phi) is 6.72. The molecule has 94 valence electrons. The van der Waals surface area contributed by atoms with E-state index in [2.05, 4.69) is 0 Å². The summed E-state index contributed by atoms with van der Waals surface area (Å²) in [6.07, 6.45) is 2.54. The van der Waals surface area contributed by atoms with Crippen molar-refractivity contribution in [1.82, 2.24) is 4.90 Å². The molecule has 0 saturated heterocycles. The Morgan fingerprint density at radius 1 is 1.31 bits per heavy atom. The summed E-state index contributed by atoms with van der Waals surface area (Å²) in [7, 11) is 1.51. The first-order valence-corrected chi connectivity index (χ1v) is 5.57. The third-order valence-corrected chi connectivity index (χ3v) is 2.47. The summed E-state index contributed by atoms with van der Waals surface area (Å²) in [5, 5.41) is 8.55. The lowest BCUT2D eigenvalue weighted by atomic mass is 10.0. The predicted molar refractivity (Wildman–Crippen MR) is 61.9 cm³/mol. The quantitative estimate of drug-likeness (QED) is 0.673. The number of hydrogen-bond acceptors (Lipinski definition) is 3. The Labute approximate surface area is 96.6 Å². The Morgan fingerprint density at radius 2 is 1.88 bits per heavy atom. The lowest BCUT2D eigenvalue weighted by Crippen LogP contribution is -2.35. The largest absolute Gasteiger partial charge is 0.480 e. The van der Waals surface area contributed by atoms with Gasteiger partial charge in [0, 0.05) is 19.0 Å². The van der Waals surface area contributed by atoms with Crippen LogP contribution < -0.4 is 5.73 Å². The summed E-state index contributed by atoms with van der Waals surface area (Å²) in [4.78, 5) is 23.4. The van der Waals surface area contributed by atoms with Crippen molar-refractivity contribution in [3.8, 4) is 0 Å². The summed E-state index contributed by atoms with van der Waals surface area (Å²) >= 11 is 0. The van der Waals surface area contributed by atoms with Gasteiger partial charge in [-0.2, -0.15) is 0 Å². The molecule has 0 radical (unpaired) electrons. The minimum atomic E-state index is -0.987. The summed E-state index contributed by atoms with van der Waals surface area (Å²) in [6, 6.07) is 0.152. The number of nitrogens with zero attached hydrogens (tertiary/aromatic N) is 1. The number of carbonyl (C=O) groups is 2. The van der Waals surface area contributed by atoms with Crippen LogP contribution in [0.5, 0.6) is 0 Å². The van der Waals surface area contributed by atoms with Gasteiger partial charge in [-0.05, 0) is 19.8 Å². The highest BCUT2D eigenvalue weighted by molar-refractivity contribution is 5.82. The topological polar surface area (TPSA) is 83.6 Å². The van der Waals surface area contributed by atoms with Crippen LogP contribution in [0.2, 0.25) is 0 Å². The fraction of sp³-hybridized carbons (Fsp3) is 0.818. The monoisotopic (exact) mass is 230 g/mol. The molecule has 0 aliphatic heterocycles. The highest BCUT2D eigenvalue weighted by Gasteiger charge is 2.18. The van der Waals surface area contributed by atoms with Gasteiger partial charge in [0.2, 0.25) is 5.91 Å². The normalized spacial score (nSPS) is 14.2. The Bertz CT molecular complexity index is 241. The zero-order valence-corrected chi connectivity index (χ0v) is 10.3. The maximum absolute atomic E-state index is 11.7. The molecule has 3 N–H and O–H groups in total. The van der Waals surface area contributed by atoms with Crippen LogP contribution in [0.25, 0.3) is 0 Å². The van der Waals surface area contributed by atoms with Crippen LogP contribution in [0.15, 0.2) is 0 Å². The van der Waals surface area contributed by atoms with E-state index < -0.39 is 5.97 Å². The van der Waals surface area contributed by atoms with E-state index in [-0.39, 0.29) is 24.4 Å². The number of rotatable bonds is 7. The van der Waals surface area contributed by atoms with Crippen molar-refractivity contribution in [1.29, 1.82) is 0 Å². The molecule has 0 fully saturated rings. The van der Waals surface area contributed by atoms with E-state index in [9.17, 15) is 9.59 Å². The number of carboxylic acids is 1. The van der Waals surface area contributed by atoms with Gasteiger partial charge < -0.3 is 15.7 Å². The van der Waals surface area contributed by atoms with Crippen molar-refractivity contribution < 1.29 is 14.7 Å². The number of hydrogen-bond donors (Lipinski definition) is 2. The second-order valence-corrected chi connectivity index (χ2v) is 4.40. The molecule has 0 aromatic rings. The van der Waals surface area contributed by atoms with Crippen LogP contribution in [0.1, 0.15) is 33.1 Å². The van der Waals surface area contributed by atoms with E-state index in [1.54, 1.807) is 0 Å². The molecule has 5 nitrogen and oxygen atoms in total. The first-order chi connectivity index (χ1) is 7.34. The molecule has 0 aromatic heterocycles. The predicted octanol–water partition coefficient (Wildman–Crippen LogP) is 0.683. The van der Waals surface area contributed by atoms with Crippen molar-refractivity contribution in [2.75, 3.05) is 13.6 Å². The molecule has 2 atom stereocenters. The molecule has 2 unspecified atom stereocenters. The van der Waals surface area contributed by atoms with Crippen molar-refractivity contribution in [3.05, 3.63) is 0 Å². The van der Waals surface area contributed by atoms with Gasteiger partial charge in [-0.15, -0.1) is 0 Å². The Morgan fingerprint density at radius 3 is 2.31 bits per heavy atom. The third-order valence-electron chi connectivity index (χ3n) is 2.47. The molecule has 0 aliphatic rings. The second kappa shape index (κ2) is 7.22. The standard InChI is InChI=1S/C11H22N2O3/c1-8(5-4-6-9(2)12)11(16)13(3)7-10(14)15/h8-9H,4-7,12H2,1-3H3,(H,14,15). The van der Waals surface area contributed by atoms with Crippen molar-refractivity contribution >= 4 is 11.9 Å². The molecule has 0 aliphatic carbocycles. The lowest BCUT2D eigenvalue weighted by molar-refractivity contribution is -0.145. The smallest absolute Gasteiger partial charge is 0.323 e. The second-order valence-electron chi connectivity index (χ2n) is 4.40. The molecule has 0 heterocycles. The van der Waals surface area contributed by atoms with Crippen LogP contribution in [0.3, 0.4) is 0 Å². The van der Waals surface area contributed by atoms with E-state index >= 15 is 0 Å². The van der Waals surface area contributed by atoms with Gasteiger partial charge in [0.1, 0.15) is 6.54 Å². The molecule has 16 heavy (non-hydrogen) atoms. The molecular formula is C11H22N2O3. The summed E-state index contributed by atoms with van der Waals surface area (Å²) in [5.74, 6) is -1.24. The van der Waals surface area contributed by atoms with Crippen molar-refractivity contribution in [2.45, 2.75) is 39.2 Å². The van der Waals surface area contributed by atoms with Gasteiger partial charge in [0.15, 0.2) is 0 Å². The zero-order valence-electron chi connectivity index (χ0n) is 10.3. The van der Waals surface area contributed by atoms with E-state index in [4.69, 9.17) is 10.8 Å². The number of aliphatic carboxylic acids is 1. The van der Waals surface area contributed by atoms with Gasteiger partial charge in [0.05, 0.1) is 0 Å². The summed E-state index contributed by atoms with van der Waals surface area (Å²) < 4.78 is 0. The number of carbonyl (C=O) groups excluding carboxylic acids is 1. The van der Waals surface area contributed by atoms with E-state index in [1.165, 1.54) is 11.9 Å². The number of likely N-dealkylation sites (N-methyl/N-ethyl adjacent to an activating group) is 1. The minimum absolute atomic E-state index is 0.118. The minimum Gasteiger partial charge on any atom is -0.480 e. The zero-order chi connectivity index (χ0) is 12.7. The molecule has 5 heteroatoms. The lowest BCUT2D eigenvalue weighted by Gasteiger charge is -2.19. The molecule has 0 aromatic carbocycles. The maximum atomic E-state index is 11.7. The molecule has 0 saturated carbocycles. The van der Waals surface area contributed by atoms with Gasteiger partial charge in [-0.3, -0.25) is 9.59 Å². The fourth-order valence-electron chi connectivity index (χ4n) is 1.53. The SMILES string of the molecule is CC(N)CCCC(C)C(=O)N(C)CC(=O)O. The van der Waals surface area contributed by atoms with Crippen LogP contribution >= 0.6 is 0 Å². The molecule has 0 rings (SSSR count). The van der Waals surface area contributed by atoms with Gasteiger partial charge in [-0.25, -0.2) is 0 Å². The first-order valence-electron chi connectivity index (χ1n) is 5.57. The average molecular weight is 230 g/mol. The average Bonchev–Trinajstić information content (AvgIpc) is 2.14. The molecule has 0 spiro atoms. The molecular weight excluding hydrogens is 208 g/mol. The van der Waals surface area contributed by atoms with Crippen molar-refractivity contribution in [3.63, 3.8) is 0 Å². The fourth-order valence-corrected chi connectivity index (χ4v) is 1.53. The van der Waals surface area contributed by atoms with E-state index in [0.29, 0.717) is 0 Å². The van der Waals surface area contributed by atoms with Crippen LogP contribution in [-0.4, -0.2) is 41.5 Å². The van der Waals surface area contributed by atoms with E-state index in [1.807, 2.05) is 13.8 Å².